The van der Waals surface area contributed by atoms with E-state index in [1.807, 2.05) is 27.7 Å². The minimum Gasteiger partial charge on any atom is -0.344 e. The molecule has 0 aromatic carbocycles. The summed E-state index contributed by atoms with van der Waals surface area (Å²) in [5, 5.41) is 0. The Hall–Kier alpha value is 0.530. The van der Waals surface area contributed by atoms with Crippen molar-refractivity contribution < 1.29 is 23.7 Å². The van der Waals surface area contributed by atoms with Gasteiger partial charge < -0.3 is 23.7 Å². The third-order valence-electron chi connectivity index (χ3n) is 3.72. The van der Waals surface area contributed by atoms with Gasteiger partial charge in [-0.05, 0) is 27.7 Å². The van der Waals surface area contributed by atoms with E-state index < -0.39 is 17.4 Å². The summed E-state index contributed by atoms with van der Waals surface area (Å²) in [4.78, 5) is 0. The molecule has 6 heteroatoms. The fourth-order valence-electron chi connectivity index (χ4n) is 3.19. The van der Waals surface area contributed by atoms with E-state index in [1.165, 1.54) is 0 Å². The molecule has 0 unspecified atom stereocenters. The Kier molecular flexibility index (Phi) is 3.43. The Bertz CT molecular complexity index is 372. The Morgan fingerprint density at radius 1 is 1.05 bits per heavy atom. The van der Waals surface area contributed by atoms with Crippen LogP contribution >= 0.6 is 22.6 Å². The van der Waals surface area contributed by atoms with Crippen molar-refractivity contribution in [2.75, 3.05) is 11.0 Å². The van der Waals surface area contributed by atoms with E-state index in [0.29, 0.717) is 6.61 Å². The summed E-state index contributed by atoms with van der Waals surface area (Å²) in [6.07, 6.45) is 0.334. The van der Waals surface area contributed by atoms with E-state index in [9.17, 15) is 0 Å². The topological polar surface area (TPSA) is 46.2 Å². The summed E-state index contributed by atoms with van der Waals surface area (Å²) in [5.41, 5.74) is 0. The van der Waals surface area contributed by atoms with Crippen molar-refractivity contribution in [1.29, 1.82) is 0 Å². The molecule has 0 saturated carbocycles. The number of ether oxygens (including phenoxy) is 5. The molecule has 4 atom stereocenters. The molecule has 0 N–H and O–H groups in total. The molecule has 0 aliphatic carbocycles. The predicted molar refractivity (Wildman–Crippen MR) is 76.0 cm³/mol. The molecule has 3 heterocycles. The molecule has 0 radical (unpaired) electrons. The molecule has 3 rings (SSSR count). The highest BCUT2D eigenvalue weighted by atomic mass is 127. The van der Waals surface area contributed by atoms with Gasteiger partial charge in [0.1, 0.15) is 18.3 Å². The number of hydrogen-bond acceptors (Lipinski definition) is 5. The van der Waals surface area contributed by atoms with Crippen LogP contribution in [0.1, 0.15) is 34.1 Å². The molecule has 0 amide bonds. The molecular weight excluding hydrogens is 363 g/mol. The van der Waals surface area contributed by atoms with Crippen LogP contribution in [-0.4, -0.2) is 46.7 Å². The van der Waals surface area contributed by atoms with Gasteiger partial charge in [-0.2, -0.15) is 0 Å². The number of alkyl halides is 1. The van der Waals surface area contributed by atoms with Crippen molar-refractivity contribution in [1.82, 2.24) is 0 Å². The van der Waals surface area contributed by atoms with Gasteiger partial charge in [-0.3, -0.25) is 0 Å². The normalized spacial score (nSPS) is 46.9. The molecule has 3 saturated heterocycles. The third kappa shape index (κ3) is 2.44. The number of fused-ring (bicyclic) bond motifs is 3. The van der Waals surface area contributed by atoms with Crippen LogP contribution in [0.2, 0.25) is 0 Å². The third-order valence-corrected chi connectivity index (χ3v) is 4.26. The first-order chi connectivity index (χ1) is 8.77. The van der Waals surface area contributed by atoms with Gasteiger partial charge in [-0.1, -0.05) is 22.6 Å². The zero-order valence-electron chi connectivity index (χ0n) is 11.8. The predicted octanol–water partition coefficient (Wildman–Crippen LogP) is 2.21. The van der Waals surface area contributed by atoms with E-state index >= 15 is 0 Å². The van der Waals surface area contributed by atoms with Crippen LogP contribution in [0.25, 0.3) is 0 Å². The molecule has 3 aliphatic rings. The van der Waals surface area contributed by atoms with E-state index in [1.54, 1.807) is 0 Å². The van der Waals surface area contributed by atoms with E-state index in [2.05, 4.69) is 22.6 Å². The Morgan fingerprint density at radius 3 is 2.47 bits per heavy atom. The first-order valence-electron chi connectivity index (χ1n) is 6.70. The van der Waals surface area contributed by atoms with Gasteiger partial charge in [0.25, 0.3) is 0 Å². The smallest absolute Gasteiger partial charge is 0.201 e. The van der Waals surface area contributed by atoms with Crippen molar-refractivity contribution in [3.8, 4) is 0 Å². The highest BCUT2D eigenvalue weighted by Gasteiger charge is 2.64. The van der Waals surface area contributed by atoms with Crippen LogP contribution in [-0.2, 0) is 23.7 Å². The minimum absolute atomic E-state index is 0.0835. The van der Waals surface area contributed by atoms with Crippen molar-refractivity contribution >= 4 is 22.6 Å². The molecule has 0 spiro atoms. The second kappa shape index (κ2) is 4.51. The second-order valence-electron chi connectivity index (χ2n) is 6.24. The summed E-state index contributed by atoms with van der Waals surface area (Å²) < 4.78 is 31.0. The number of rotatable bonds is 2. The maximum Gasteiger partial charge on any atom is 0.201 e. The average Bonchev–Trinajstić information content (AvgIpc) is 2.71. The van der Waals surface area contributed by atoms with Gasteiger partial charge in [0.15, 0.2) is 11.6 Å². The highest BCUT2D eigenvalue weighted by molar-refractivity contribution is 14.1. The standard InChI is InChI=1S/C13H21IO5/c1-11(2)16-8-7-15-13(5-6-14)10(9(8)17-11)18-12(3,4)19-13/h8-10H,5-7H2,1-4H3/t8-,9-,10+,13-/m1/s1. The average molecular weight is 384 g/mol. The molecule has 3 aliphatic heterocycles. The van der Waals surface area contributed by atoms with E-state index in [-0.39, 0.29) is 18.3 Å². The summed E-state index contributed by atoms with van der Waals surface area (Å²) >= 11 is 2.33. The molecule has 0 aromatic rings. The van der Waals surface area contributed by atoms with Gasteiger partial charge in [0.05, 0.1) is 6.61 Å². The second-order valence-corrected chi connectivity index (χ2v) is 7.32. The fourth-order valence-corrected chi connectivity index (χ4v) is 3.94. The molecule has 19 heavy (non-hydrogen) atoms. The fraction of sp³-hybridized carbons (Fsp3) is 1.00. The molecular formula is C13H21IO5. The van der Waals surface area contributed by atoms with Crippen LogP contribution in [0.5, 0.6) is 0 Å². The maximum atomic E-state index is 6.07. The van der Waals surface area contributed by atoms with E-state index in [4.69, 9.17) is 23.7 Å². The number of hydrogen-bond donors (Lipinski definition) is 0. The Labute approximate surface area is 127 Å². The van der Waals surface area contributed by atoms with Crippen molar-refractivity contribution in [3.63, 3.8) is 0 Å². The van der Waals surface area contributed by atoms with Crippen LogP contribution in [0.3, 0.4) is 0 Å². The molecule has 5 nitrogen and oxygen atoms in total. The lowest BCUT2D eigenvalue weighted by molar-refractivity contribution is -0.281. The van der Waals surface area contributed by atoms with Crippen LogP contribution in [0.15, 0.2) is 0 Å². The van der Waals surface area contributed by atoms with Crippen LogP contribution < -0.4 is 0 Å². The Morgan fingerprint density at radius 2 is 1.79 bits per heavy atom. The Balaban J connectivity index is 1.89. The van der Waals surface area contributed by atoms with Gasteiger partial charge in [0, 0.05) is 10.8 Å². The molecule has 110 valence electrons. The van der Waals surface area contributed by atoms with Crippen LogP contribution in [0, 0.1) is 0 Å². The minimum atomic E-state index is -0.699. The summed E-state index contributed by atoms with van der Waals surface area (Å²) in [6.45, 7) is 8.17. The first-order valence-corrected chi connectivity index (χ1v) is 8.23. The van der Waals surface area contributed by atoms with Gasteiger partial charge in [0.2, 0.25) is 5.79 Å². The van der Waals surface area contributed by atoms with Gasteiger partial charge >= 0.3 is 0 Å². The largest absolute Gasteiger partial charge is 0.344 e. The van der Waals surface area contributed by atoms with Crippen LogP contribution in [0.4, 0.5) is 0 Å². The summed E-state index contributed by atoms with van der Waals surface area (Å²) in [6, 6.07) is 0. The van der Waals surface area contributed by atoms with E-state index in [0.717, 1.165) is 10.8 Å². The highest BCUT2D eigenvalue weighted by Crippen LogP contribution is 2.48. The first kappa shape index (κ1) is 14.5. The van der Waals surface area contributed by atoms with Gasteiger partial charge in [-0.25, -0.2) is 0 Å². The number of halogens is 1. The summed E-state index contributed by atoms with van der Waals surface area (Å²) in [7, 11) is 0. The zero-order valence-corrected chi connectivity index (χ0v) is 13.9. The lowest BCUT2D eigenvalue weighted by Gasteiger charge is -2.40. The molecule has 3 fully saturated rings. The lowest BCUT2D eigenvalue weighted by atomic mass is 9.95. The molecule has 0 aromatic heterocycles. The monoisotopic (exact) mass is 384 g/mol. The maximum absolute atomic E-state index is 6.07. The van der Waals surface area contributed by atoms with Crippen molar-refractivity contribution in [2.45, 2.75) is 69.8 Å². The molecule has 0 bridgehead atoms. The van der Waals surface area contributed by atoms with Crippen molar-refractivity contribution in [3.05, 3.63) is 0 Å². The zero-order chi connectivity index (χ0) is 13.9. The summed E-state index contributed by atoms with van der Waals surface area (Å²) in [5.74, 6) is -1.94. The van der Waals surface area contributed by atoms with Gasteiger partial charge in [-0.15, -0.1) is 0 Å². The quantitative estimate of drug-likeness (QED) is 0.540. The van der Waals surface area contributed by atoms with Crippen molar-refractivity contribution in [2.24, 2.45) is 0 Å². The lowest BCUT2D eigenvalue weighted by Crippen LogP contribution is -2.58. The SMILES string of the molecule is CC1(C)O[C@@H]2[C@@H](CO[C@]3(CCI)OC(C)(C)O[C@@H]23)O1.